The summed E-state index contributed by atoms with van der Waals surface area (Å²) in [5, 5.41) is 6.29. The molecule has 116 valence electrons. The van der Waals surface area contributed by atoms with Crippen molar-refractivity contribution in [3.63, 3.8) is 0 Å². The van der Waals surface area contributed by atoms with Gasteiger partial charge in [-0.3, -0.25) is 4.79 Å². The van der Waals surface area contributed by atoms with Gasteiger partial charge in [-0.05, 0) is 51.4 Å². The van der Waals surface area contributed by atoms with Gasteiger partial charge >= 0.3 is 0 Å². The normalized spacial score (nSPS) is 18.7. The Bertz CT molecular complexity index is 489. The number of nitrogens with zero attached hydrogens (tertiary/aromatic N) is 2. The molecular formula is C16H26N4O. The van der Waals surface area contributed by atoms with E-state index in [1.165, 1.54) is 0 Å². The zero-order valence-corrected chi connectivity index (χ0v) is 13.3. The van der Waals surface area contributed by atoms with Crippen LogP contribution in [0.15, 0.2) is 12.1 Å². The Hall–Kier alpha value is -1.62. The van der Waals surface area contributed by atoms with Crippen molar-refractivity contribution in [2.45, 2.75) is 26.7 Å². The zero-order valence-electron chi connectivity index (χ0n) is 13.3. The molecule has 1 amide bonds. The van der Waals surface area contributed by atoms with E-state index in [0.717, 1.165) is 50.5 Å². The maximum atomic E-state index is 12.3. The number of aryl methyl sites for hydroxylation is 1. The minimum atomic E-state index is -0.00500. The number of aromatic nitrogens is 1. The highest BCUT2D eigenvalue weighted by atomic mass is 16.1. The van der Waals surface area contributed by atoms with E-state index in [1.807, 2.05) is 19.1 Å². The Morgan fingerprint density at radius 1 is 1.48 bits per heavy atom. The van der Waals surface area contributed by atoms with E-state index in [-0.39, 0.29) is 5.91 Å². The fraction of sp³-hybridized carbons (Fsp3) is 0.625. The van der Waals surface area contributed by atoms with E-state index < -0.39 is 0 Å². The summed E-state index contributed by atoms with van der Waals surface area (Å²) in [7, 11) is 2.12. The van der Waals surface area contributed by atoms with Crippen LogP contribution in [0.3, 0.4) is 0 Å². The van der Waals surface area contributed by atoms with Gasteiger partial charge in [-0.1, -0.05) is 6.92 Å². The maximum Gasteiger partial charge on any atom is 0.251 e. The number of nitrogens with one attached hydrogen (secondary N) is 2. The minimum Gasteiger partial charge on any atom is -0.370 e. The van der Waals surface area contributed by atoms with Gasteiger partial charge in [0, 0.05) is 30.9 Å². The van der Waals surface area contributed by atoms with Gasteiger partial charge in [0.2, 0.25) is 0 Å². The average Bonchev–Trinajstić information content (AvgIpc) is 2.87. The van der Waals surface area contributed by atoms with E-state index in [4.69, 9.17) is 0 Å². The molecule has 1 unspecified atom stereocenters. The fourth-order valence-corrected chi connectivity index (χ4v) is 2.68. The topological polar surface area (TPSA) is 57.3 Å². The second-order valence-corrected chi connectivity index (χ2v) is 5.94. The predicted octanol–water partition coefficient (Wildman–Crippen LogP) is 1.89. The summed E-state index contributed by atoms with van der Waals surface area (Å²) < 4.78 is 0. The molecule has 1 aliphatic heterocycles. The molecular weight excluding hydrogens is 264 g/mol. The molecule has 1 aromatic rings. The first-order chi connectivity index (χ1) is 10.1. The Kier molecular flexibility index (Phi) is 5.56. The Labute approximate surface area is 127 Å². The van der Waals surface area contributed by atoms with Crippen LogP contribution in [0.1, 0.15) is 35.8 Å². The molecule has 2 rings (SSSR count). The highest BCUT2D eigenvalue weighted by molar-refractivity contribution is 5.95. The molecule has 0 spiro atoms. The molecule has 5 heteroatoms. The van der Waals surface area contributed by atoms with Crippen molar-refractivity contribution in [2.24, 2.45) is 5.92 Å². The third kappa shape index (κ3) is 4.70. The largest absolute Gasteiger partial charge is 0.370 e. The second-order valence-electron chi connectivity index (χ2n) is 5.94. The lowest BCUT2D eigenvalue weighted by Gasteiger charge is -2.13. The number of amides is 1. The highest BCUT2D eigenvalue weighted by Gasteiger charge is 2.20. The van der Waals surface area contributed by atoms with Crippen LogP contribution in [0.5, 0.6) is 0 Å². The van der Waals surface area contributed by atoms with Crippen molar-refractivity contribution >= 4 is 11.7 Å². The van der Waals surface area contributed by atoms with Crippen molar-refractivity contribution in [3.8, 4) is 0 Å². The minimum absolute atomic E-state index is 0.00500. The molecule has 0 aromatic carbocycles. The third-order valence-electron chi connectivity index (χ3n) is 3.81. The van der Waals surface area contributed by atoms with Crippen molar-refractivity contribution in [1.82, 2.24) is 15.2 Å². The lowest BCUT2D eigenvalue weighted by molar-refractivity contribution is 0.0947. The summed E-state index contributed by atoms with van der Waals surface area (Å²) in [4.78, 5) is 19.0. The van der Waals surface area contributed by atoms with Crippen LogP contribution in [0, 0.1) is 12.8 Å². The van der Waals surface area contributed by atoms with Gasteiger partial charge in [0.1, 0.15) is 5.82 Å². The first kappa shape index (κ1) is 15.8. The molecule has 0 bridgehead atoms. The summed E-state index contributed by atoms with van der Waals surface area (Å²) in [6.07, 6.45) is 2.20. The summed E-state index contributed by atoms with van der Waals surface area (Å²) >= 11 is 0. The van der Waals surface area contributed by atoms with E-state index in [2.05, 4.69) is 34.5 Å². The van der Waals surface area contributed by atoms with Gasteiger partial charge in [-0.2, -0.15) is 0 Å². The van der Waals surface area contributed by atoms with Crippen LogP contribution in [0.4, 0.5) is 5.82 Å². The van der Waals surface area contributed by atoms with Gasteiger partial charge in [-0.25, -0.2) is 4.98 Å². The molecule has 2 heterocycles. The number of rotatable bonds is 6. The van der Waals surface area contributed by atoms with Gasteiger partial charge in [0.05, 0.1) is 0 Å². The first-order valence-corrected chi connectivity index (χ1v) is 7.77. The predicted molar refractivity (Wildman–Crippen MR) is 85.7 cm³/mol. The van der Waals surface area contributed by atoms with E-state index in [0.29, 0.717) is 11.5 Å². The summed E-state index contributed by atoms with van der Waals surface area (Å²) in [6.45, 7) is 7.84. The molecule has 21 heavy (non-hydrogen) atoms. The van der Waals surface area contributed by atoms with Crippen molar-refractivity contribution in [1.29, 1.82) is 0 Å². The van der Waals surface area contributed by atoms with Crippen LogP contribution < -0.4 is 10.6 Å². The van der Waals surface area contributed by atoms with Crippen LogP contribution in [0.2, 0.25) is 0 Å². The SMILES string of the molecule is CCCNc1cc(C(=O)NCC2CCN(C)C2)cc(C)n1. The number of hydrogen-bond donors (Lipinski definition) is 2. The van der Waals surface area contributed by atoms with Crippen LogP contribution in [-0.2, 0) is 0 Å². The van der Waals surface area contributed by atoms with Gasteiger partial charge in [0.15, 0.2) is 0 Å². The number of carbonyl (C=O) groups is 1. The molecule has 5 nitrogen and oxygen atoms in total. The smallest absolute Gasteiger partial charge is 0.251 e. The molecule has 0 radical (unpaired) electrons. The van der Waals surface area contributed by atoms with Crippen LogP contribution >= 0.6 is 0 Å². The number of likely N-dealkylation sites (tertiary alicyclic amines) is 1. The number of carbonyl (C=O) groups excluding carboxylic acids is 1. The number of anilines is 1. The summed E-state index contributed by atoms with van der Waals surface area (Å²) in [5.74, 6) is 1.34. The standard InChI is InChI=1S/C16H26N4O/c1-4-6-17-15-9-14(8-12(2)19-15)16(21)18-10-13-5-7-20(3)11-13/h8-9,13H,4-7,10-11H2,1-3H3,(H,17,19)(H,18,21). The molecule has 0 saturated carbocycles. The Morgan fingerprint density at radius 3 is 2.95 bits per heavy atom. The van der Waals surface area contributed by atoms with Crippen LogP contribution in [-0.4, -0.2) is 49.0 Å². The third-order valence-corrected chi connectivity index (χ3v) is 3.81. The Morgan fingerprint density at radius 2 is 2.29 bits per heavy atom. The second kappa shape index (κ2) is 7.41. The van der Waals surface area contributed by atoms with Crippen LogP contribution in [0.25, 0.3) is 0 Å². The average molecular weight is 290 g/mol. The molecule has 1 atom stereocenters. The molecule has 1 fully saturated rings. The first-order valence-electron chi connectivity index (χ1n) is 7.77. The summed E-state index contributed by atoms with van der Waals surface area (Å²) in [6, 6.07) is 3.67. The maximum absolute atomic E-state index is 12.3. The number of hydrogen-bond acceptors (Lipinski definition) is 4. The highest BCUT2D eigenvalue weighted by Crippen LogP contribution is 2.14. The monoisotopic (exact) mass is 290 g/mol. The Balaban J connectivity index is 1.93. The van der Waals surface area contributed by atoms with Crippen molar-refractivity contribution in [2.75, 3.05) is 38.5 Å². The van der Waals surface area contributed by atoms with Gasteiger partial charge in [0.25, 0.3) is 5.91 Å². The van der Waals surface area contributed by atoms with E-state index in [1.54, 1.807) is 0 Å². The molecule has 1 aliphatic rings. The van der Waals surface area contributed by atoms with E-state index in [9.17, 15) is 4.79 Å². The number of pyridine rings is 1. The fourth-order valence-electron chi connectivity index (χ4n) is 2.68. The molecule has 1 aromatic heterocycles. The lowest BCUT2D eigenvalue weighted by Crippen LogP contribution is -2.30. The molecule has 1 saturated heterocycles. The van der Waals surface area contributed by atoms with E-state index >= 15 is 0 Å². The van der Waals surface area contributed by atoms with Gasteiger partial charge in [-0.15, -0.1) is 0 Å². The van der Waals surface area contributed by atoms with Gasteiger partial charge < -0.3 is 15.5 Å². The van der Waals surface area contributed by atoms with Crippen molar-refractivity contribution < 1.29 is 4.79 Å². The molecule has 2 N–H and O–H groups in total. The van der Waals surface area contributed by atoms with Crippen molar-refractivity contribution in [3.05, 3.63) is 23.4 Å². The molecule has 0 aliphatic carbocycles. The zero-order chi connectivity index (χ0) is 15.2. The quantitative estimate of drug-likeness (QED) is 0.840. The lowest BCUT2D eigenvalue weighted by atomic mass is 10.1. The summed E-state index contributed by atoms with van der Waals surface area (Å²) in [5.41, 5.74) is 1.55.